The van der Waals surface area contributed by atoms with Crippen molar-refractivity contribution in [2.45, 2.75) is 13.3 Å². The lowest BCUT2D eigenvalue weighted by Gasteiger charge is -2.01. The van der Waals surface area contributed by atoms with Crippen LogP contribution in [0.4, 0.5) is 0 Å². The molecule has 0 radical (unpaired) electrons. The van der Waals surface area contributed by atoms with Gasteiger partial charge in [0, 0.05) is 35.2 Å². The minimum Gasteiger partial charge on any atom is -0.303 e. The van der Waals surface area contributed by atoms with Crippen molar-refractivity contribution in [3.63, 3.8) is 0 Å². The number of hydrogen-bond acceptors (Lipinski definition) is 3. The Bertz CT molecular complexity index is 979. The van der Waals surface area contributed by atoms with Gasteiger partial charge in [-0.3, -0.25) is 10.2 Å². The first-order chi connectivity index (χ1) is 10.8. The summed E-state index contributed by atoms with van der Waals surface area (Å²) < 4.78 is 0. The molecule has 4 aromatic rings. The van der Waals surface area contributed by atoms with Crippen LogP contribution in [0.15, 0.2) is 36.7 Å². The zero-order valence-corrected chi connectivity index (χ0v) is 12.1. The fourth-order valence-electron chi connectivity index (χ4n) is 2.84. The molecule has 0 saturated carbocycles. The number of carbonyl (C=O) groups excluding carboxylic acids is 1. The largest absolute Gasteiger partial charge is 0.303 e. The van der Waals surface area contributed by atoms with E-state index in [1.165, 1.54) is 0 Å². The third kappa shape index (κ3) is 1.83. The second-order valence-corrected chi connectivity index (χ2v) is 5.38. The molecule has 0 spiro atoms. The lowest BCUT2D eigenvalue weighted by molar-refractivity contribution is -0.107. The van der Waals surface area contributed by atoms with Gasteiger partial charge in [0.2, 0.25) is 0 Å². The van der Waals surface area contributed by atoms with Crippen molar-refractivity contribution in [2.75, 3.05) is 0 Å². The molecular formula is C17H14N4O. The molecule has 0 bridgehead atoms. The standard InChI is InChI=1S/C17H14N4O/c1-10-8-18-17-14(10)16-13(9-19-17)15(20-21-16)12-4-2-11(3-5-12)6-7-22/h2-5,7-9,20-21H,6H2,1H3. The summed E-state index contributed by atoms with van der Waals surface area (Å²) in [5, 5.41) is 8.55. The quantitative estimate of drug-likeness (QED) is 0.569. The molecule has 0 atom stereocenters. The molecule has 0 unspecified atom stereocenters. The number of nitrogens with one attached hydrogen (secondary N) is 2. The summed E-state index contributed by atoms with van der Waals surface area (Å²) in [7, 11) is 0. The number of hydrogen-bond donors (Lipinski definition) is 2. The molecule has 0 fully saturated rings. The van der Waals surface area contributed by atoms with Crippen LogP contribution in [0.1, 0.15) is 11.1 Å². The molecule has 3 aromatic heterocycles. The van der Waals surface area contributed by atoms with Gasteiger partial charge in [-0.1, -0.05) is 24.3 Å². The minimum absolute atomic E-state index is 0.443. The first-order valence-corrected chi connectivity index (χ1v) is 7.11. The van der Waals surface area contributed by atoms with E-state index in [1.807, 2.05) is 43.6 Å². The molecule has 22 heavy (non-hydrogen) atoms. The average Bonchev–Trinajstić information content (AvgIpc) is 3.12. The number of pyridine rings is 1. The molecule has 0 aliphatic heterocycles. The number of H-pyrrole nitrogens is 2. The van der Waals surface area contributed by atoms with Crippen LogP contribution in [0.5, 0.6) is 0 Å². The highest BCUT2D eigenvalue weighted by atomic mass is 16.1. The summed E-state index contributed by atoms with van der Waals surface area (Å²) in [4.78, 5) is 19.3. The molecule has 2 N–H and O–H groups in total. The predicted molar refractivity (Wildman–Crippen MR) is 85.7 cm³/mol. The van der Waals surface area contributed by atoms with Crippen LogP contribution < -0.4 is 0 Å². The van der Waals surface area contributed by atoms with Crippen molar-refractivity contribution in [1.82, 2.24) is 20.2 Å². The van der Waals surface area contributed by atoms with Gasteiger partial charge in [-0.25, -0.2) is 9.97 Å². The Hall–Kier alpha value is -2.95. The van der Waals surface area contributed by atoms with Crippen molar-refractivity contribution >= 4 is 28.2 Å². The van der Waals surface area contributed by atoms with Crippen LogP contribution in [-0.4, -0.2) is 26.5 Å². The number of fused-ring (bicyclic) bond motifs is 3. The lowest BCUT2D eigenvalue weighted by atomic mass is 10.0. The summed E-state index contributed by atoms with van der Waals surface area (Å²) in [6.45, 7) is 2.03. The first kappa shape index (κ1) is 12.8. The second kappa shape index (κ2) is 4.80. The maximum Gasteiger partial charge on any atom is 0.161 e. The smallest absolute Gasteiger partial charge is 0.161 e. The predicted octanol–water partition coefficient (Wildman–Crippen LogP) is 3.16. The number of aryl methyl sites for hydroxylation is 1. The summed E-state index contributed by atoms with van der Waals surface area (Å²) in [5.74, 6) is 0. The third-order valence-corrected chi connectivity index (χ3v) is 3.98. The van der Waals surface area contributed by atoms with Crippen molar-refractivity contribution < 1.29 is 4.79 Å². The van der Waals surface area contributed by atoms with Crippen molar-refractivity contribution in [2.24, 2.45) is 0 Å². The molecule has 0 aliphatic rings. The van der Waals surface area contributed by atoms with Gasteiger partial charge in [0.25, 0.3) is 0 Å². The molecule has 5 heteroatoms. The number of benzene rings is 1. The molecular weight excluding hydrogens is 276 g/mol. The van der Waals surface area contributed by atoms with Crippen LogP contribution in [0.2, 0.25) is 0 Å². The number of rotatable bonds is 3. The Morgan fingerprint density at radius 2 is 1.86 bits per heavy atom. The Labute approximate surface area is 126 Å². The molecule has 108 valence electrons. The Kier molecular flexibility index (Phi) is 2.79. The van der Waals surface area contributed by atoms with Crippen LogP contribution in [-0.2, 0) is 11.2 Å². The van der Waals surface area contributed by atoms with Gasteiger partial charge >= 0.3 is 0 Å². The number of nitrogens with zero attached hydrogens (tertiary/aromatic N) is 2. The molecule has 0 amide bonds. The van der Waals surface area contributed by atoms with Gasteiger partial charge in [-0.15, -0.1) is 0 Å². The van der Waals surface area contributed by atoms with E-state index in [9.17, 15) is 4.79 Å². The maximum atomic E-state index is 10.6. The summed E-state index contributed by atoms with van der Waals surface area (Å²) in [5.41, 5.74) is 5.94. The molecule has 4 rings (SSSR count). The van der Waals surface area contributed by atoms with Gasteiger partial charge in [0.05, 0.1) is 11.2 Å². The van der Waals surface area contributed by atoms with Crippen LogP contribution in [0, 0.1) is 6.92 Å². The fourth-order valence-corrected chi connectivity index (χ4v) is 2.84. The highest BCUT2D eigenvalue weighted by molar-refractivity contribution is 6.08. The van der Waals surface area contributed by atoms with Crippen molar-refractivity contribution in [3.8, 4) is 11.3 Å². The van der Waals surface area contributed by atoms with E-state index in [2.05, 4.69) is 20.2 Å². The zero-order valence-electron chi connectivity index (χ0n) is 12.1. The SMILES string of the molecule is Cc1cnc2ncc3c(-c4ccc(CC=O)cc4)[nH][nH]c3c12. The van der Waals surface area contributed by atoms with E-state index in [0.29, 0.717) is 6.42 Å². The van der Waals surface area contributed by atoms with Crippen LogP contribution >= 0.6 is 0 Å². The molecule has 0 aliphatic carbocycles. The highest BCUT2D eigenvalue weighted by Crippen LogP contribution is 2.31. The first-order valence-electron chi connectivity index (χ1n) is 7.11. The highest BCUT2D eigenvalue weighted by Gasteiger charge is 2.13. The van der Waals surface area contributed by atoms with Gasteiger partial charge in [-0.05, 0) is 18.1 Å². The monoisotopic (exact) mass is 290 g/mol. The van der Waals surface area contributed by atoms with E-state index >= 15 is 0 Å². The lowest BCUT2D eigenvalue weighted by Crippen LogP contribution is -1.86. The Balaban J connectivity index is 1.90. The van der Waals surface area contributed by atoms with Gasteiger partial charge < -0.3 is 4.79 Å². The van der Waals surface area contributed by atoms with Crippen LogP contribution in [0.25, 0.3) is 33.2 Å². The Morgan fingerprint density at radius 3 is 2.64 bits per heavy atom. The van der Waals surface area contributed by atoms with Gasteiger partial charge in [-0.2, -0.15) is 0 Å². The number of aromatic nitrogens is 4. The Morgan fingerprint density at radius 1 is 1.09 bits per heavy atom. The van der Waals surface area contributed by atoms with E-state index in [4.69, 9.17) is 0 Å². The summed E-state index contributed by atoms with van der Waals surface area (Å²) >= 11 is 0. The van der Waals surface area contributed by atoms with Crippen molar-refractivity contribution in [1.29, 1.82) is 0 Å². The fraction of sp³-hybridized carbons (Fsp3) is 0.118. The summed E-state index contributed by atoms with van der Waals surface area (Å²) in [6.07, 6.45) is 5.04. The molecule has 3 heterocycles. The number of aldehydes is 1. The average molecular weight is 290 g/mol. The maximum absolute atomic E-state index is 10.6. The topological polar surface area (TPSA) is 74.4 Å². The van der Waals surface area contributed by atoms with E-state index < -0.39 is 0 Å². The van der Waals surface area contributed by atoms with E-state index in [1.54, 1.807) is 0 Å². The molecule has 1 aromatic carbocycles. The van der Waals surface area contributed by atoms with Gasteiger partial charge in [0.15, 0.2) is 5.65 Å². The minimum atomic E-state index is 0.443. The number of aromatic amines is 2. The molecule has 0 saturated heterocycles. The van der Waals surface area contributed by atoms with Crippen LogP contribution in [0.3, 0.4) is 0 Å². The normalized spacial score (nSPS) is 11.3. The number of carbonyl (C=O) groups is 1. The second-order valence-electron chi connectivity index (χ2n) is 5.38. The van der Waals surface area contributed by atoms with E-state index in [0.717, 1.165) is 50.6 Å². The zero-order chi connectivity index (χ0) is 15.1. The molecule has 5 nitrogen and oxygen atoms in total. The van der Waals surface area contributed by atoms with Gasteiger partial charge in [0.1, 0.15) is 6.29 Å². The van der Waals surface area contributed by atoms with E-state index in [-0.39, 0.29) is 0 Å². The van der Waals surface area contributed by atoms with Crippen molar-refractivity contribution in [3.05, 3.63) is 47.8 Å². The summed E-state index contributed by atoms with van der Waals surface area (Å²) in [6, 6.07) is 7.96. The third-order valence-electron chi connectivity index (χ3n) is 3.98.